The number of hydrogen-bond donors (Lipinski definition) is 2. The maximum atomic E-state index is 9.51. The number of aliphatic hydroxyl groups excluding tert-OH is 1. The van der Waals surface area contributed by atoms with E-state index >= 15 is 0 Å². The van der Waals surface area contributed by atoms with Gasteiger partial charge in [-0.3, -0.25) is 0 Å². The van der Waals surface area contributed by atoms with Crippen molar-refractivity contribution in [3.63, 3.8) is 0 Å². The summed E-state index contributed by atoms with van der Waals surface area (Å²) >= 11 is 1.74. The van der Waals surface area contributed by atoms with Gasteiger partial charge in [-0.05, 0) is 37.6 Å². The van der Waals surface area contributed by atoms with Gasteiger partial charge in [0.1, 0.15) is 0 Å². The average molecular weight is 253 g/mol. The van der Waals surface area contributed by atoms with Crippen molar-refractivity contribution in [1.82, 2.24) is 5.32 Å². The van der Waals surface area contributed by atoms with Crippen LogP contribution in [0.1, 0.15) is 31.9 Å². The van der Waals surface area contributed by atoms with E-state index in [-0.39, 0.29) is 11.4 Å². The Bertz CT molecular complexity index is 352. The van der Waals surface area contributed by atoms with Crippen LogP contribution in [0.15, 0.2) is 23.1 Å². The summed E-state index contributed by atoms with van der Waals surface area (Å²) in [6.45, 7) is 10.1. The molecule has 2 N–H and O–H groups in total. The van der Waals surface area contributed by atoms with Gasteiger partial charge in [-0.1, -0.05) is 26.0 Å². The van der Waals surface area contributed by atoms with Crippen molar-refractivity contribution in [3.05, 3.63) is 29.3 Å². The van der Waals surface area contributed by atoms with E-state index < -0.39 is 0 Å². The Morgan fingerprint density at radius 1 is 1.35 bits per heavy atom. The molecule has 0 aliphatic carbocycles. The van der Waals surface area contributed by atoms with Crippen molar-refractivity contribution in [2.45, 2.75) is 50.5 Å². The average Bonchev–Trinajstić information content (AvgIpc) is 2.29. The first kappa shape index (κ1) is 14.6. The molecule has 0 heterocycles. The standard InChI is InChI=1S/C14H23NOS/c1-5-15-9-13-6-7-14(10(2)8-13)17-12(4)11(3)16/h6-8,11-12,15-16H,5,9H2,1-4H3. The Morgan fingerprint density at radius 3 is 2.59 bits per heavy atom. The van der Waals surface area contributed by atoms with E-state index in [2.05, 4.69) is 44.3 Å². The summed E-state index contributed by atoms with van der Waals surface area (Å²) in [7, 11) is 0. The normalized spacial score (nSPS) is 14.6. The molecule has 0 saturated heterocycles. The van der Waals surface area contributed by atoms with Crippen LogP contribution in [0.4, 0.5) is 0 Å². The molecule has 2 unspecified atom stereocenters. The SMILES string of the molecule is CCNCc1ccc(SC(C)C(C)O)c(C)c1. The minimum atomic E-state index is -0.277. The van der Waals surface area contributed by atoms with Gasteiger partial charge in [-0.15, -0.1) is 11.8 Å². The van der Waals surface area contributed by atoms with Crippen molar-refractivity contribution < 1.29 is 5.11 Å². The molecule has 2 nitrogen and oxygen atoms in total. The van der Waals surface area contributed by atoms with Gasteiger partial charge in [-0.25, -0.2) is 0 Å². The molecule has 0 aliphatic heterocycles. The highest BCUT2D eigenvalue weighted by Crippen LogP contribution is 2.28. The van der Waals surface area contributed by atoms with Gasteiger partial charge in [0.25, 0.3) is 0 Å². The zero-order chi connectivity index (χ0) is 12.8. The van der Waals surface area contributed by atoms with Gasteiger partial charge in [0, 0.05) is 16.7 Å². The second-order valence-electron chi connectivity index (χ2n) is 4.44. The number of hydrogen-bond acceptors (Lipinski definition) is 3. The maximum Gasteiger partial charge on any atom is 0.0631 e. The lowest BCUT2D eigenvalue weighted by Gasteiger charge is -2.16. The highest BCUT2D eigenvalue weighted by molar-refractivity contribution is 8.00. The molecule has 0 bridgehead atoms. The summed E-state index contributed by atoms with van der Waals surface area (Å²) in [5, 5.41) is 13.1. The first-order chi connectivity index (χ1) is 8.04. The molecule has 1 rings (SSSR count). The van der Waals surface area contributed by atoms with Crippen LogP contribution < -0.4 is 5.32 Å². The third-order valence-electron chi connectivity index (χ3n) is 2.81. The molecular formula is C14H23NOS. The molecule has 3 heteroatoms. The second-order valence-corrected chi connectivity index (χ2v) is 5.86. The Hall–Kier alpha value is -0.510. The van der Waals surface area contributed by atoms with Crippen LogP contribution in [-0.4, -0.2) is 23.0 Å². The van der Waals surface area contributed by atoms with E-state index in [1.165, 1.54) is 16.0 Å². The summed E-state index contributed by atoms with van der Waals surface area (Å²) in [5.41, 5.74) is 2.61. The smallest absolute Gasteiger partial charge is 0.0631 e. The number of benzene rings is 1. The summed E-state index contributed by atoms with van der Waals surface area (Å²) in [6, 6.07) is 6.54. The predicted molar refractivity (Wildman–Crippen MR) is 75.6 cm³/mol. The predicted octanol–water partition coefficient (Wildman–Crippen LogP) is 2.97. The van der Waals surface area contributed by atoms with Crippen LogP contribution in [0, 0.1) is 6.92 Å². The van der Waals surface area contributed by atoms with Crippen LogP contribution in [0.5, 0.6) is 0 Å². The summed E-state index contributed by atoms with van der Waals surface area (Å²) in [5.74, 6) is 0. The number of rotatable bonds is 6. The fourth-order valence-corrected chi connectivity index (χ4v) is 2.51. The summed E-state index contributed by atoms with van der Waals surface area (Å²) in [4.78, 5) is 1.26. The summed E-state index contributed by atoms with van der Waals surface area (Å²) < 4.78 is 0. The quantitative estimate of drug-likeness (QED) is 0.765. The first-order valence-electron chi connectivity index (χ1n) is 6.19. The van der Waals surface area contributed by atoms with Gasteiger partial charge in [0.2, 0.25) is 0 Å². The van der Waals surface area contributed by atoms with Gasteiger partial charge >= 0.3 is 0 Å². The molecular weight excluding hydrogens is 230 g/mol. The molecule has 0 radical (unpaired) electrons. The lowest BCUT2D eigenvalue weighted by molar-refractivity contribution is 0.196. The third kappa shape index (κ3) is 4.70. The Labute approximate surface area is 109 Å². The van der Waals surface area contributed by atoms with E-state index in [9.17, 15) is 5.11 Å². The molecule has 0 amide bonds. The van der Waals surface area contributed by atoms with Gasteiger partial charge in [-0.2, -0.15) is 0 Å². The minimum absolute atomic E-state index is 0.230. The number of nitrogens with one attached hydrogen (secondary N) is 1. The van der Waals surface area contributed by atoms with Crippen molar-refractivity contribution in [3.8, 4) is 0 Å². The van der Waals surface area contributed by atoms with Crippen LogP contribution in [0.2, 0.25) is 0 Å². The topological polar surface area (TPSA) is 32.3 Å². The fraction of sp³-hybridized carbons (Fsp3) is 0.571. The molecule has 1 aromatic rings. The van der Waals surface area contributed by atoms with E-state index in [1.807, 2.05) is 6.92 Å². The molecule has 0 spiro atoms. The van der Waals surface area contributed by atoms with Gasteiger partial charge < -0.3 is 10.4 Å². The van der Waals surface area contributed by atoms with Crippen molar-refractivity contribution >= 4 is 11.8 Å². The Morgan fingerprint density at radius 2 is 2.06 bits per heavy atom. The monoisotopic (exact) mass is 253 g/mol. The fourth-order valence-electron chi connectivity index (χ4n) is 1.52. The molecule has 0 fully saturated rings. The number of aliphatic hydroxyl groups is 1. The lowest BCUT2D eigenvalue weighted by Crippen LogP contribution is -2.15. The van der Waals surface area contributed by atoms with Crippen molar-refractivity contribution in [1.29, 1.82) is 0 Å². The molecule has 96 valence electrons. The Kier molecular flexibility index (Phi) is 6.03. The van der Waals surface area contributed by atoms with E-state index in [0.717, 1.165) is 13.1 Å². The van der Waals surface area contributed by atoms with Crippen LogP contribution >= 0.6 is 11.8 Å². The second kappa shape index (κ2) is 7.04. The highest BCUT2D eigenvalue weighted by Gasteiger charge is 2.11. The van der Waals surface area contributed by atoms with Crippen LogP contribution in [-0.2, 0) is 6.54 Å². The number of aryl methyl sites for hydroxylation is 1. The Balaban J connectivity index is 2.69. The zero-order valence-corrected chi connectivity index (χ0v) is 12.0. The largest absolute Gasteiger partial charge is 0.392 e. The molecule has 0 aliphatic rings. The van der Waals surface area contributed by atoms with Crippen molar-refractivity contribution in [2.75, 3.05) is 6.54 Å². The van der Waals surface area contributed by atoms with E-state index in [0.29, 0.717) is 0 Å². The zero-order valence-electron chi connectivity index (χ0n) is 11.2. The van der Waals surface area contributed by atoms with Crippen LogP contribution in [0.3, 0.4) is 0 Å². The maximum absolute atomic E-state index is 9.51. The van der Waals surface area contributed by atoms with Gasteiger partial charge in [0.05, 0.1) is 6.10 Å². The molecule has 0 saturated carbocycles. The van der Waals surface area contributed by atoms with Crippen molar-refractivity contribution in [2.24, 2.45) is 0 Å². The molecule has 0 aromatic heterocycles. The van der Waals surface area contributed by atoms with Gasteiger partial charge in [0.15, 0.2) is 0 Å². The first-order valence-corrected chi connectivity index (χ1v) is 7.07. The minimum Gasteiger partial charge on any atom is -0.392 e. The van der Waals surface area contributed by atoms with Crippen LogP contribution in [0.25, 0.3) is 0 Å². The number of thioether (sulfide) groups is 1. The summed E-state index contributed by atoms with van der Waals surface area (Å²) in [6.07, 6.45) is -0.277. The van der Waals surface area contributed by atoms with E-state index in [4.69, 9.17) is 0 Å². The third-order valence-corrected chi connectivity index (χ3v) is 4.29. The highest BCUT2D eigenvalue weighted by atomic mass is 32.2. The van der Waals surface area contributed by atoms with E-state index in [1.54, 1.807) is 11.8 Å². The molecule has 17 heavy (non-hydrogen) atoms. The lowest BCUT2D eigenvalue weighted by atomic mass is 10.1. The molecule has 1 aromatic carbocycles. The molecule has 2 atom stereocenters.